The lowest BCUT2D eigenvalue weighted by atomic mass is 10.2. The summed E-state index contributed by atoms with van der Waals surface area (Å²) in [5, 5.41) is 0. The van der Waals surface area contributed by atoms with E-state index in [1.807, 2.05) is 6.20 Å². The molecular formula is C12H17N3. The van der Waals surface area contributed by atoms with E-state index in [0.717, 1.165) is 18.9 Å². The maximum absolute atomic E-state index is 4.70. The molecule has 1 aromatic heterocycles. The topological polar surface area (TPSA) is 29.0 Å². The van der Waals surface area contributed by atoms with Crippen LogP contribution in [0.4, 0.5) is 0 Å². The van der Waals surface area contributed by atoms with Gasteiger partial charge < -0.3 is 0 Å². The summed E-state index contributed by atoms with van der Waals surface area (Å²) in [6.45, 7) is 6.51. The van der Waals surface area contributed by atoms with Gasteiger partial charge in [0, 0.05) is 36.8 Å². The molecule has 1 saturated carbocycles. The maximum atomic E-state index is 4.70. The molecule has 2 aliphatic rings. The van der Waals surface area contributed by atoms with E-state index in [9.17, 15) is 0 Å². The SMILES string of the molecule is CC(C)N1Cc2cnc(C3CC3)nc2C1. The number of hydrogen-bond acceptors (Lipinski definition) is 3. The van der Waals surface area contributed by atoms with Crippen LogP contribution >= 0.6 is 0 Å². The fourth-order valence-electron chi connectivity index (χ4n) is 2.10. The standard InChI is InChI=1S/C12H17N3/c1-8(2)15-6-10-5-13-12(9-3-4-9)14-11(10)7-15/h5,8-9H,3-4,6-7H2,1-2H3. The molecule has 0 unspecified atom stereocenters. The van der Waals surface area contributed by atoms with Crippen molar-refractivity contribution in [3.05, 3.63) is 23.3 Å². The number of fused-ring (bicyclic) bond motifs is 1. The number of hydrogen-bond donors (Lipinski definition) is 0. The summed E-state index contributed by atoms with van der Waals surface area (Å²) < 4.78 is 0. The number of nitrogens with zero attached hydrogens (tertiary/aromatic N) is 3. The molecule has 2 heterocycles. The average molecular weight is 203 g/mol. The van der Waals surface area contributed by atoms with E-state index < -0.39 is 0 Å². The van der Waals surface area contributed by atoms with Gasteiger partial charge in [0.2, 0.25) is 0 Å². The molecule has 1 aliphatic heterocycles. The number of rotatable bonds is 2. The van der Waals surface area contributed by atoms with Crippen molar-refractivity contribution in [3.63, 3.8) is 0 Å². The van der Waals surface area contributed by atoms with Crippen LogP contribution in [0.15, 0.2) is 6.20 Å². The van der Waals surface area contributed by atoms with Crippen molar-refractivity contribution >= 4 is 0 Å². The van der Waals surface area contributed by atoms with Crippen molar-refractivity contribution in [1.29, 1.82) is 0 Å². The molecule has 3 heteroatoms. The lowest BCUT2D eigenvalue weighted by Crippen LogP contribution is -2.24. The predicted octanol–water partition coefficient (Wildman–Crippen LogP) is 2.08. The molecule has 0 bridgehead atoms. The maximum Gasteiger partial charge on any atom is 0.131 e. The summed E-state index contributed by atoms with van der Waals surface area (Å²) in [5.41, 5.74) is 2.59. The van der Waals surface area contributed by atoms with Crippen LogP contribution in [-0.4, -0.2) is 20.9 Å². The average Bonchev–Trinajstić information content (AvgIpc) is 2.96. The van der Waals surface area contributed by atoms with Crippen molar-refractivity contribution in [2.24, 2.45) is 0 Å². The molecular weight excluding hydrogens is 186 g/mol. The van der Waals surface area contributed by atoms with Crippen LogP contribution in [0.5, 0.6) is 0 Å². The van der Waals surface area contributed by atoms with E-state index >= 15 is 0 Å². The van der Waals surface area contributed by atoms with Crippen LogP contribution in [-0.2, 0) is 13.1 Å². The highest BCUT2D eigenvalue weighted by Crippen LogP contribution is 2.38. The minimum absolute atomic E-state index is 0.601. The molecule has 0 atom stereocenters. The van der Waals surface area contributed by atoms with E-state index in [1.54, 1.807) is 0 Å². The summed E-state index contributed by atoms with van der Waals surface area (Å²) >= 11 is 0. The second-order valence-corrected chi connectivity index (χ2v) is 4.97. The fourth-order valence-corrected chi connectivity index (χ4v) is 2.10. The second kappa shape index (κ2) is 3.27. The Hall–Kier alpha value is -0.960. The first-order valence-electron chi connectivity index (χ1n) is 5.83. The molecule has 0 N–H and O–H groups in total. The van der Waals surface area contributed by atoms with E-state index in [4.69, 9.17) is 4.98 Å². The largest absolute Gasteiger partial charge is 0.291 e. The van der Waals surface area contributed by atoms with Gasteiger partial charge in [-0.3, -0.25) is 4.90 Å². The first kappa shape index (κ1) is 9.28. The second-order valence-electron chi connectivity index (χ2n) is 4.97. The molecule has 3 rings (SSSR count). The monoisotopic (exact) mass is 203 g/mol. The van der Waals surface area contributed by atoms with Crippen molar-refractivity contribution in [2.45, 2.75) is 51.7 Å². The van der Waals surface area contributed by atoms with Crippen molar-refractivity contribution in [1.82, 2.24) is 14.9 Å². The van der Waals surface area contributed by atoms with E-state index in [-0.39, 0.29) is 0 Å². The van der Waals surface area contributed by atoms with Crippen molar-refractivity contribution < 1.29 is 0 Å². The normalized spacial score (nSPS) is 21.0. The third kappa shape index (κ3) is 1.65. The minimum atomic E-state index is 0.601. The van der Waals surface area contributed by atoms with Crippen LogP contribution < -0.4 is 0 Å². The molecule has 1 aromatic rings. The Labute approximate surface area is 90.5 Å². The highest BCUT2D eigenvalue weighted by molar-refractivity contribution is 5.23. The fraction of sp³-hybridized carbons (Fsp3) is 0.667. The molecule has 0 saturated heterocycles. The third-order valence-corrected chi connectivity index (χ3v) is 3.37. The first-order chi connectivity index (χ1) is 7.24. The van der Waals surface area contributed by atoms with Gasteiger partial charge in [-0.2, -0.15) is 0 Å². The Morgan fingerprint density at radius 1 is 1.33 bits per heavy atom. The predicted molar refractivity (Wildman–Crippen MR) is 58.4 cm³/mol. The Morgan fingerprint density at radius 2 is 2.13 bits per heavy atom. The van der Waals surface area contributed by atoms with Gasteiger partial charge >= 0.3 is 0 Å². The molecule has 1 fully saturated rings. The zero-order valence-corrected chi connectivity index (χ0v) is 9.40. The molecule has 0 radical (unpaired) electrons. The van der Waals surface area contributed by atoms with Crippen LogP contribution in [0.25, 0.3) is 0 Å². The van der Waals surface area contributed by atoms with Crippen LogP contribution in [0, 0.1) is 0 Å². The molecule has 1 aliphatic carbocycles. The summed E-state index contributed by atoms with van der Waals surface area (Å²) in [6.07, 6.45) is 4.61. The highest BCUT2D eigenvalue weighted by Gasteiger charge is 2.29. The van der Waals surface area contributed by atoms with Crippen LogP contribution in [0.3, 0.4) is 0 Å². The quantitative estimate of drug-likeness (QED) is 0.737. The molecule has 0 aromatic carbocycles. The highest BCUT2D eigenvalue weighted by atomic mass is 15.2. The van der Waals surface area contributed by atoms with Crippen LogP contribution in [0.1, 0.15) is 49.7 Å². The van der Waals surface area contributed by atoms with Gasteiger partial charge in [0.25, 0.3) is 0 Å². The molecule has 80 valence electrons. The molecule has 3 nitrogen and oxygen atoms in total. The van der Waals surface area contributed by atoms with Gasteiger partial charge in [0.1, 0.15) is 5.82 Å². The van der Waals surface area contributed by atoms with E-state index in [2.05, 4.69) is 23.7 Å². The van der Waals surface area contributed by atoms with Gasteiger partial charge in [-0.1, -0.05) is 0 Å². The number of aromatic nitrogens is 2. The summed E-state index contributed by atoms with van der Waals surface area (Å²) in [5.74, 6) is 1.75. The zero-order valence-electron chi connectivity index (χ0n) is 9.40. The lowest BCUT2D eigenvalue weighted by molar-refractivity contribution is 0.226. The summed E-state index contributed by atoms with van der Waals surface area (Å²) in [4.78, 5) is 11.6. The lowest BCUT2D eigenvalue weighted by Gasteiger charge is -2.18. The Bertz CT molecular complexity index is 382. The minimum Gasteiger partial charge on any atom is -0.291 e. The molecule has 0 spiro atoms. The zero-order chi connectivity index (χ0) is 10.4. The first-order valence-corrected chi connectivity index (χ1v) is 5.83. The summed E-state index contributed by atoms with van der Waals surface area (Å²) in [6, 6.07) is 0.601. The smallest absolute Gasteiger partial charge is 0.131 e. The van der Waals surface area contributed by atoms with Gasteiger partial charge in [-0.15, -0.1) is 0 Å². The molecule has 0 amide bonds. The Morgan fingerprint density at radius 3 is 2.80 bits per heavy atom. The van der Waals surface area contributed by atoms with Gasteiger partial charge in [0.15, 0.2) is 0 Å². The summed E-state index contributed by atoms with van der Waals surface area (Å²) in [7, 11) is 0. The van der Waals surface area contributed by atoms with Gasteiger partial charge in [0.05, 0.1) is 5.69 Å². The van der Waals surface area contributed by atoms with Crippen LogP contribution in [0.2, 0.25) is 0 Å². The Kier molecular flexibility index (Phi) is 2.02. The Balaban J connectivity index is 1.86. The van der Waals surface area contributed by atoms with E-state index in [0.29, 0.717) is 12.0 Å². The van der Waals surface area contributed by atoms with Gasteiger partial charge in [-0.25, -0.2) is 9.97 Å². The van der Waals surface area contributed by atoms with Crippen molar-refractivity contribution in [2.75, 3.05) is 0 Å². The van der Waals surface area contributed by atoms with Crippen molar-refractivity contribution in [3.8, 4) is 0 Å². The van der Waals surface area contributed by atoms with E-state index in [1.165, 1.54) is 24.1 Å². The third-order valence-electron chi connectivity index (χ3n) is 3.37. The van der Waals surface area contributed by atoms with Gasteiger partial charge in [-0.05, 0) is 26.7 Å². The molecule has 15 heavy (non-hydrogen) atoms.